The molecular weight excluding hydrogens is 298 g/mol. The topological polar surface area (TPSA) is 54.0 Å². The van der Waals surface area contributed by atoms with Crippen LogP contribution in [0.1, 0.15) is 35.7 Å². The number of benzene rings is 1. The van der Waals surface area contributed by atoms with Crippen LogP contribution in [0.5, 0.6) is 0 Å². The summed E-state index contributed by atoms with van der Waals surface area (Å²) in [6.07, 6.45) is 5.27. The number of anilines is 2. The summed E-state index contributed by atoms with van der Waals surface area (Å²) in [7, 11) is 0. The van der Waals surface area contributed by atoms with E-state index in [4.69, 9.17) is 11.6 Å². The molecule has 1 aromatic heterocycles. The van der Waals surface area contributed by atoms with E-state index in [-0.39, 0.29) is 5.91 Å². The van der Waals surface area contributed by atoms with Crippen LogP contribution in [-0.4, -0.2) is 17.4 Å². The third-order valence-corrected chi connectivity index (χ3v) is 3.77. The molecule has 22 heavy (non-hydrogen) atoms. The van der Waals surface area contributed by atoms with Gasteiger partial charge in [0.2, 0.25) is 0 Å². The van der Waals surface area contributed by atoms with Gasteiger partial charge in [-0.2, -0.15) is 0 Å². The SMILES string of the molecule is CCCCNC(=O)c1cncc(Nc2cccc(Cl)c2C)c1. The average Bonchev–Trinajstić information content (AvgIpc) is 2.52. The van der Waals surface area contributed by atoms with E-state index in [0.717, 1.165) is 29.8 Å². The van der Waals surface area contributed by atoms with Crippen molar-refractivity contribution in [1.82, 2.24) is 10.3 Å². The third kappa shape index (κ3) is 4.21. The molecule has 0 spiro atoms. The number of amides is 1. The quantitative estimate of drug-likeness (QED) is 0.780. The summed E-state index contributed by atoms with van der Waals surface area (Å²) < 4.78 is 0. The molecule has 1 aromatic carbocycles. The van der Waals surface area contributed by atoms with E-state index in [1.807, 2.05) is 25.1 Å². The smallest absolute Gasteiger partial charge is 0.252 e. The number of hydrogen-bond donors (Lipinski definition) is 2. The second-order valence-electron chi connectivity index (χ2n) is 5.11. The van der Waals surface area contributed by atoms with Crippen LogP contribution in [0, 0.1) is 6.92 Å². The highest BCUT2D eigenvalue weighted by molar-refractivity contribution is 6.31. The first kappa shape index (κ1) is 16.3. The summed E-state index contributed by atoms with van der Waals surface area (Å²) in [5, 5.41) is 6.83. The van der Waals surface area contributed by atoms with E-state index >= 15 is 0 Å². The summed E-state index contributed by atoms with van der Waals surface area (Å²) in [5.74, 6) is -0.104. The average molecular weight is 318 g/mol. The Morgan fingerprint density at radius 3 is 2.91 bits per heavy atom. The molecule has 2 N–H and O–H groups in total. The maximum Gasteiger partial charge on any atom is 0.252 e. The highest BCUT2D eigenvalue weighted by Crippen LogP contribution is 2.26. The molecule has 5 heteroatoms. The summed E-state index contributed by atoms with van der Waals surface area (Å²) in [5.41, 5.74) is 3.16. The lowest BCUT2D eigenvalue weighted by atomic mass is 10.2. The molecule has 0 aliphatic carbocycles. The van der Waals surface area contributed by atoms with Gasteiger partial charge in [-0.1, -0.05) is 31.0 Å². The molecule has 0 bridgehead atoms. The Morgan fingerprint density at radius 2 is 2.14 bits per heavy atom. The van der Waals surface area contributed by atoms with E-state index in [9.17, 15) is 4.79 Å². The minimum Gasteiger partial charge on any atom is -0.354 e. The van der Waals surface area contributed by atoms with Crippen LogP contribution in [0.25, 0.3) is 0 Å². The molecule has 0 atom stereocenters. The van der Waals surface area contributed by atoms with Gasteiger partial charge in [0.15, 0.2) is 0 Å². The molecule has 0 radical (unpaired) electrons. The number of aromatic nitrogens is 1. The van der Waals surface area contributed by atoms with Gasteiger partial charge in [-0.3, -0.25) is 9.78 Å². The van der Waals surface area contributed by atoms with E-state index in [1.54, 1.807) is 18.5 Å². The molecule has 0 aliphatic heterocycles. The van der Waals surface area contributed by atoms with Crippen molar-refractivity contribution in [1.29, 1.82) is 0 Å². The lowest BCUT2D eigenvalue weighted by Crippen LogP contribution is -2.24. The second-order valence-corrected chi connectivity index (χ2v) is 5.52. The van der Waals surface area contributed by atoms with Crippen molar-refractivity contribution >= 4 is 28.9 Å². The van der Waals surface area contributed by atoms with Gasteiger partial charge < -0.3 is 10.6 Å². The van der Waals surface area contributed by atoms with E-state index in [2.05, 4.69) is 22.5 Å². The van der Waals surface area contributed by atoms with Gasteiger partial charge in [0, 0.05) is 23.5 Å². The Kier molecular flexibility index (Phi) is 5.78. The fourth-order valence-electron chi connectivity index (χ4n) is 2.01. The molecule has 4 nitrogen and oxygen atoms in total. The van der Waals surface area contributed by atoms with Gasteiger partial charge in [0.25, 0.3) is 5.91 Å². The van der Waals surface area contributed by atoms with Crippen molar-refractivity contribution in [2.45, 2.75) is 26.7 Å². The first-order chi connectivity index (χ1) is 10.6. The maximum atomic E-state index is 12.0. The van der Waals surface area contributed by atoms with E-state index < -0.39 is 0 Å². The number of nitrogens with zero attached hydrogens (tertiary/aromatic N) is 1. The number of carbonyl (C=O) groups excluding carboxylic acids is 1. The van der Waals surface area contributed by atoms with Gasteiger partial charge >= 0.3 is 0 Å². The number of carbonyl (C=O) groups is 1. The van der Waals surface area contributed by atoms with Gasteiger partial charge in [-0.15, -0.1) is 0 Å². The lowest BCUT2D eigenvalue weighted by molar-refractivity contribution is 0.0953. The highest BCUT2D eigenvalue weighted by atomic mass is 35.5. The Balaban J connectivity index is 2.11. The predicted octanol–water partition coefficient (Wildman–Crippen LogP) is 4.32. The molecule has 0 unspecified atom stereocenters. The minimum absolute atomic E-state index is 0.104. The molecular formula is C17H20ClN3O. The van der Waals surface area contributed by atoms with Gasteiger partial charge in [-0.05, 0) is 37.1 Å². The lowest BCUT2D eigenvalue weighted by Gasteiger charge is -2.11. The summed E-state index contributed by atoms with van der Waals surface area (Å²) >= 11 is 6.11. The fourth-order valence-corrected chi connectivity index (χ4v) is 2.19. The summed E-state index contributed by atoms with van der Waals surface area (Å²) in [6.45, 7) is 4.71. The molecule has 0 saturated heterocycles. The van der Waals surface area contributed by atoms with Gasteiger partial charge in [0.1, 0.15) is 0 Å². The molecule has 116 valence electrons. The number of unbranched alkanes of at least 4 members (excludes halogenated alkanes) is 1. The number of halogens is 1. The Morgan fingerprint density at radius 1 is 1.32 bits per heavy atom. The highest BCUT2D eigenvalue weighted by Gasteiger charge is 2.08. The van der Waals surface area contributed by atoms with Crippen LogP contribution >= 0.6 is 11.6 Å². The molecule has 0 saturated carbocycles. The summed E-state index contributed by atoms with van der Waals surface area (Å²) in [6, 6.07) is 7.45. The van der Waals surface area contributed by atoms with Crippen molar-refractivity contribution in [3.8, 4) is 0 Å². The normalized spacial score (nSPS) is 10.3. The molecule has 1 amide bonds. The molecule has 2 aromatic rings. The van der Waals surface area contributed by atoms with Crippen molar-refractivity contribution < 1.29 is 4.79 Å². The summed E-state index contributed by atoms with van der Waals surface area (Å²) in [4.78, 5) is 16.2. The van der Waals surface area contributed by atoms with Crippen molar-refractivity contribution in [3.05, 3.63) is 52.8 Å². The number of nitrogens with one attached hydrogen (secondary N) is 2. The first-order valence-electron chi connectivity index (χ1n) is 7.37. The third-order valence-electron chi connectivity index (χ3n) is 3.36. The van der Waals surface area contributed by atoms with E-state index in [0.29, 0.717) is 17.1 Å². The van der Waals surface area contributed by atoms with Crippen LogP contribution in [0.15, 0.2) is 36.7 Å². The van der Waals surface area contributed by atoms with Crippen LogP contribution in [-0.2, 0) is 0 Å². The monoisotopic (exact) mass is 317 g/mol. The predicted molar refractivity (Wildman–Crippen MR) is 90.9 cm³/mol. The zero-order valence-corrected chi connectivity index (χ0v) is 13.6. The van der Waals surface area contributed by atoms with E-state index in [1.165, 1.54) is 0 Å². The number of hydrogen-bond acceptors (Lipinski definition) is 3. The number of pyridine rings is 1. The molecule has 0 aliphatic rings. The zero-order valence-electron chi connectivity index (χ0n) is 12.8. The Bertz CT molecular complexity index is 658. The first-order valence-corrected chi connectivity index (χ1v) is 7.75. The molecule has 0 fully saturated rings. The molecule has 1 heterocycles. The van der Waals surface area contributed by atoms with Crippen LogP contribution in [0.4, 0.5) is 11.4 Å². The van der Waals surface area contributed by atoms with Gasteiger partial charge in [0.05, 0.1) is 17.4 Å². The van der Waals surface area contributed by atoms with Gasteiger partial charge in [-0.25, -0.2) is 0 Å². The standard InChI is InChI=1S/C17H20ClN3O/c1-3-4-8-20-17(22)13-9-14(11-19-10-13)21-16-7-5-6-15(18)12(16)2/h5-7,9-11,21H,3-4,8H2,1-2H3,(H,20,22). The van der Waals surface area contributed by atoms with Crippen LogP contribution in [0.2, 0.25) is 5.02 Å². The fraction of sp³-hybridized carbons (Fsp3) is 0.294. The second kappa shape index (κ2) is 7.80. The maximum absolute atomic E-state index is 12.0. The minimum atomic E-state index is -0.104. The zero-order chi connectivity index (χ0) is 15.9. The van der Waals surface area contributed by atoms with Crippen LogP contribution in [0.3, 0.4) is 0 Å². The van der Waals surface area contributed by atoms with Crippen molar-refractivity contribution in [2.75, 3.05) is 11.9 Å². The van der Waals surface area contributed by atoms with Crippen molar-refractivity contribution in [2.24, 2.45) is 0 Å². The Hall–Kier alpha value is -2.07. The van der Waals surface area contributed by atoms with Crippen LogP contribution < -0.4 is 10.6 Å². The van der Waals surface area contributed by atoms with Crippen molar-refractivity contribution in [3.63, 3.8) is 0 Å². The largest absolute Gasteiger partial charge is 0.354 e. The molecule has 2 rings (SSSR count). The Labute approximate surface area is 135 Å². The number of rotatable bonds is 6.